The standard InChI is InChI=1S/C15H22N2O/c1-11-6-7-13(9-12(11)2)10-14(17-16)15-5-3-4-8-18-15/h5-7,9,14,17H,3-4,8,10,16H2,1-2H3. The van der Waals surface area contributed by atoms with Crippen LogP contribution in [0.2, 0.25) is 0 Å². The summed E-state index contributed by atoms with van der Waals surface area (Å²) in [4.78, 5) is 0. The molecule has 1 aromatic carbocycles. The van der Waals surface area contributed by atoms with Crippen LogP contribution in [0.1, 0.15) is 29.5 Å². The fourth-order valence-electron chi connectivity index (χ4n) is 2.23. The Balaban J connectivity index is 2.09. The van der Waals surface area contributed by atoms with Gasteiger partial charge in [0.25, 0.3) is 0 Å². The van der Waals surface area contributed by atoms with Crippen molar-refractivity contribution < 1.29 is 4.74 Å². The number of nitrogens with one attached hydrogen (secondary N) is 1. The Morgan fingerprint density at radius 1 is 1.33 bits per heavy atom. The highest BCUT2D eigenvalue weighted by atomic mass is 16.5. The highest BCUT2D eigenvalue weighted by Crippen LogP contribution is 2.18. The van der Waals surface area contributed by atoms with Gasteiger partial charge in [-0.15, -0.1) is 0 Å². The Kier molecular flexibility index (Phi) is 4.39. The zero-order chi connectivity index (χ0) is 13.0. The van der Waals surface area contributed by atoms with Gasteiger partial charge in [-0.3, -0.25) is 5.84 Å². The van der Waals surface area contributed by atoms with Crippen molar-refractivity contribution in [2.45, 2.75) is 39.2 Å². The topological polar surface area (TPSA) is 47.3 Å². The van der Waals surface area contributed by atoms with Crippen molar-refractivity contribution >= 4 is 0 Å². The lowest BCUT2D eigenvalue weighted by Crippen LogP contribution is -2.39. The minimum Gasteiger partial charge on any atom is -0.497 e. The molecule has 1 unspecified atom stereocenters. The van der Waals surface area contributed by atoms with Gasteiger partial charge in [0.15, 0.2) is 0 Å². The molecule has 3 heteroatoms. The van der Waals surface area contributed by atoms with Gasteiger partial charge in [0, 0.05) is 0 Å². The van der Waals surface area contributed by atoms with E-state index in [9.17, 15) is 0 Å². The zero-order valence-electron chi connectivity index (χ0n) is 11.2. The van der Waals surface area contributed by atoms with Crippen LogP contribution in [0, 0.1) is 13.8 Å². The molecule has 0 saturated heterocycles. The summed E-state index contributed by atoms with van der Waals surface area (Å²) in [5.74, 6) is 6.64. The van der Waals surface area contributed by atoms with Crippen molar-refractivity contribution in [1.82, 2.24) is 5.43 Å². The van der Waals surface area contributed by atoms with E-state index in [-0.39, 0.29) is 6.04 Å². The number of aryl methyl sites for hydroxylation is 2. The maximum absolute atomic E-state index is 5.68. The molecule has 0 aromatic heterocycles. The molecule has 0 bridgehead atoms. The minimum atomic E-state index is 0.0763. The summed E-state index contributed by atoms with van der Waals surface area (Å²) in [7, 11) is 0. The van der Waals surface area contributed by atoms with E-state index in [1.165, 1.54) is 16.7 Å². The molecule has 2 rings (SSSR count). The van der Waals surface area contributed by atoms with Crippen molar-refractivity contribution in [1.29, 1.82) is 0 Å². The smallest absolute Gasteiger partial charge is 0.111 e. The summed E-state index contributed by atoms with van der Waals surface area (Å²) in [6.45, 7) is 5.07. The van der Waals surface area contributed by atoms with Gasteiger partial charge in [0.05, 0.1) is 12.6 Å². The van der Waals surface area contributed by atoms with E-state index in [4.69, 9.17) is 10.6 Å². The highest BCUT2D eigenvalue weighted by Gasteiger charge is 2.17. The van der Waals surface area contributed by atoms with E-state index in [1.807, 2.05) is 0 Å². The second-order valence-electron chi connectivity index (χ2n) is 4.94. The van der Waals surface area contributed by atoms with Gasteiger partial charge in [-0.2, -0.15) is 0 Å². The SMILES string of the molecule is Cc1ccc(CC(NN)C2=CCCCO2)cc1C. The van der Waals surface area contributed by atoms with Crippen LogP contribution >= 0.6 is 0 Å². The third kappa shape index (κ3) is 3.12. The first-order valence-corrected chi connectivity index (χ1v) is 6.56. The van der Waals surface area contributed by atoms with Gasteiger partial charge >= 0.3 is 0 Å². The first-order chi connectivity index (χ1) is 8.70. The van der Waals surface area contributed by atoms with Gasteiger partial charge in [0.1, 0.15) is 5.76 Å². The second kappa shape index (κ2) is 6.03. The number of benzene rings is 1. The van der Waals surface area contributed by atoms with Gasteiger partial charge in [-0.25, -0.2) is 5.43 Å². The van der Waals surface area contributed by atoms with Gasteiger partial charge in [-0.05, 0) is 55.9 Å². The van der Waals surface area contributed by atoms with E-state index in [1.54, 1.807) is 0 Å². The lowest BCUT2D eigenvalue weighted by atomic mass is 9.99. The van der Waals surface area contributed by atoms with Crippen LogP contribution in [0.15, 0.2) is 30.0 Å². The summed E-state index contributed by atoms with van der Waals surface area (Å²) >= 11 is 0. The molecule has 1 heterocycles. The summed E-state index contributed by atoms with van der Waals surface area (Å²) in [6, 6.07) is 6.63. The van der Waals surface area contributed by atoms with E-state index in [0.717, 1.165) is 31.6 Å². The second-order valence-corrected chi connectivity index (χ2v) is 4.94. The van der Waals surface area contributed by atoms with Crippen LogP contribution in [0.5, 0.6) is 0 Å². The average Bonchev–Trinajstić information content (AvgIpc) is 2.41. The number of hydrogen-bond acceptors (Lipinski definition) is 3. The Morgan fingerprint density at radius 2 is 2.17 bits per heavy atom. The molecule has 0 saturated carbocycles. The molecule has 3 N–H and O–H groups in total. The summed E-state index contributed by atoms with van der Waals surface area (Å²) < 4.78 is 5.68. The van der Waals surface area contributed by atoms with Crippen LogP contribution in [0.4, 0.5) is 0 Å². The lowest BCUT2D eigenvalue weighted by molar-refractivity contribution is 0.167. The number of allylic oxidation sites excluding steroid dienone is 1. The molecule has 1 atom stereocenters. The predicted octanol–water partition coefficient (Wildman–Crippen LogP) is 2.37. The van der Waals surface area contributed by atoms with Crippen LogP contribution in [-0.4, -0.2) is 12.6 Å². The molecule has 0 fully saturated rings. The van der Waals surface area contributed by atoms with Crippen LogP contribution in [-0.2, 0) is 11.2 Å². The molecule has 0 aliphatic carbocycles. The molecule has 0 amide bonds. The summed E-state index contributed by atoms with van der Waals surface area (Å²) in [6.07, 6.45) is 5.20. The third-order valence-corrected chi connectivity index (χ3v) is 3.52. The van der Waals surface area contributed by atoms with Gasteiger partial charge < -0.3 is 4.74 Å². The largest absolute Gasteiger partial charge is 0.497 e. The molecule has 3 nitrogen and oxygen atoms in total. The maximum Gasteiger partial charge on any atom is 0.111 e. The molecule has 18 heavy (non-hydrogen) atoms. The summed E-state index contributed by atoms with van der Waals surface area (Å²) in [5.41, 5.74) is 6.79. The van der Waals surface area contributed by atoms with E-state index >= 15 is 0 Å². The maximum atomic E-state index is 5.68. The van der Waals surface area contributed by atoms with Crippen molar-refractivity contribution in [2.24, 2.45) is 5.84 Å². The van der Waals surface area contributed by atoms with Crippen LogP contribution in [0.25, 0.3) is 0 Å². The van der Waals surface area contributed by atoms with E-state index in [0.29, 0.717) is 0 Å². The van der Waals surface area contributed by atoms with E-state index < -0.39 is 0 Å². The molecule has 0 radical (unpaired) electrons. The number of rotatable bonds is 4. The number of nitrogens with two attached hydrogens (primary N) is 1. The van der Waals surface area contributed by atoms with Gasteiger partial charge in [0.2, 0.25) is 0 Å². The Hall–Kier alpha value is -1.32. The fraction of sp³-hybridized carbons (Fsp3) is 0.467. The molecular weight excluding hydrogens is 224 g/mol. The Labute approximate surface area is 109 Å². The zero-order valence-corrected chi connectivity index (χ0v) is 11.2. The number of hydrazine groups is 1. The highest BCUT2D eigenvalue weighted by molar-refractivity contribution is 5.31. The molecular formula is C15H22N2O. The number of hydrogen-bond donors (Lipinski definition) is 2. The Morgan fingerprint density at radius 3 is 2.78 bits per heavy atom. The minimum absolute atomic E-state index is 0.0763. The molecule has 98 valence electrons. The van der Waals surface area contributed by atoms with Gasteiger partial charge in [-0.1, -0.05) is 18.2 Å². The molecule has 1 aliphatic heterocycles. The quantitative estimate of drug-likeness (QED) is 0.633. The van der Waals surface area contributed by atoms with Crippen LogP contribution in [0.3, 0.4) is 0 Å². The van der Waals surface area contributed by atoms with Crippen molar-refractivity contribution in [3.05, 3.63) is 46.7 Å². The molecule has 0 spiro atoms. The molecule has 1 aromatic rings. The first-order valence-electron chi connectivity index (χ1n) is 6.56. The van der Waals surface area contributed by atoms with Crippen LogP contribution < -0.4 is 11.3 Å². The third-order valence-electron chi connectivity index (χ3n) is 3.52. The lowest BCUT2D eigenvalue weighted by Gasteiger charge is -2.23. The average molecular weight is 246 g/mol. The molecule has 1 aliphatic rings. The monoisotopic (exact) mass is 246 g/mol. The summed E-state index contributed by atoms with van der Waals surface area (Å²) in [5, 5.41) is 0. The Bertz CT molecular complexity index is 440. The number of ether oxygens (including phenoxy) is 1. The van der Waals surface area contributed by atoms with Crippen molar-refractivity contribution in [3.8, 4) is 0 Å². The first kappa shape index (κ1) is 13.1. The van der Waals surface area contributed by atoms with E-state index in [2.05, 4.69) is 43.5 Å². The van der Waals surface area contributed by atoms with Crippen molar-refractivity contribution in [3.63, 3.8) is 0 Å². The van der Waals surface area contributed by atoms with Crippen molar-refractivity contribution in [2.75, 3.05) is 6.61 Å². The predicted molar refractivity (Wildman–Crippen MR) is 74.0 cm³/mol. The normalized spacial score (nSPS) is 16.9. The fourth-order valence-corrected chi connectivity index (χ4v) is 2.23.